The number of nitrogens with one attached hydrogen (secondary N) is 1. The van der Waals surface area contributed by atoms with Crippen LogP contribution in [-0.2, 0) is 0 Å². The molecule has 0 aromatic heterocycles. The molecule has 0 heterocycles. The van der Waals surface area contributed by atoms with Crippen molar-refractivity contribution in [3.63, 3.8) is 0 Å². The average Bonchev–Trinajstić information content (AvgIpc) is 2.53. The van der Waals surface area contributed by atoms with E-state index in [2.05, 4.69) is 5.32 Å². The maximum Gasteiger partial charge on any atom is 0.167 e. The van der Waals surface area contributed by atoms with Crippen molar-refractivity contribution in [3.8, 4) is 12.1 Å². The van der Waals surface area contributed by atoms with E-state index < -0.39 is 27.5 Å². The van der Waals surface area contributed by atoms with Crippen LogP contribution in [0.25, 0.3) is 0 Å². The number of benzene rings is 2. The van der Waals surface area contributed by atoms with Gasteiger partial charge in [-0.25, -0.2) is 8.78 Å². The number of halogens is 2. The molecular weight excluding hydrogens is 328 g/mol. The first kappa shape index (κ1) is 17.8. The van der Waals surface area contributed by atoms with Gasteiger partial charge in [-0.1, -0.05) is 39.0 Å². The summed E-state index contributed by atoms with van der Waals surface area (Å²) in [6.07, 6.45) is 0. The van der Waals surface area contributed by atoms with E-state index in [1.807, 2.05) is 20.8 Å². The Bertz CT molecular complexity index is 844. The summed E-state index contributed by atoms with van der Waals surface area (Å²) in [6.45, 7) is 5.56. The van der Waals surface area contributed by atoms with Crippen LogP contribution in [0.15, 0.2) is 35.2 Å². The quantitative estimate of drug-likeness (QED) is 0.764. The summed E-state index contributed by atoms with van der Waals surface area (Å²) in [5.74, 6) is -1.81. The first-order valence-electron chi connectivity index (χ1n) is 7.14. The second-order valence-electron chi connectivity index (χ2n) is 6.01. The molecule has 122 valence electrons. The van der Waals surface area contributed by atoms with E-state index in [-0.39, 0.29) is 10.6 Å². The van der Waals surface area contributed by atoms with Gasteiger partial charge in [-0.15, -0.1) is 11.8 Å². The topological polar surface area (TPSA) is 59.6 Å². The van der Waals surface area contributed by atoms with Crippen LogP contribution in [0.3, 0.4) is 0 Å². The van der Waals surface area contributed by atoms with E-state index in [1.165, 1.54) is 0 Å². The van der Waals surface area contributed by atoms with Crippen molar-refractivity contribution in [2.45, 2.75) is 30.4 Å². The van der Waals surface area contributed by atoms with Crippen molar-refractivity contribution in [3.05, 3.63) is 53.1 Å². The molecule has 0 saturated carbocycles. The smallest absolute Gasteiger partial charge is 0.167 e. The fourth-order valence-corrected chi connectivity index (χ4v) is 3.10. The van der Waals surface area contributed by atoms with Crippen LogP contribution in [0.5, 0.6) is 0 Å². The van der Waals surface area contributed by atoms with Gasteiger partial charge in [-0.3, -0.25) is 0 Å². The Balaban J connectivity index is 2.73. The molecule has 0 aliphatic rings. The van der Waals surface area contributed by atoms with Gasteiger partial charge in [0.25, 0.3) is 0 Å². The van der Waals surface area contributed by atoms with Crippen LogP contribution < -0.4 is 5.32 Å². The Hall–Kier alpha value is -2.57. The predicted molar refractivity (Wildman–Crippen MR) is 91.1 cm³/mol. The molecule has 0 saturated heterocycles. The normalized spacial score (nSPS) is 10.8. The van der Waals surface area contributed by atoms with Gasteiger partial charge in [0.05, 0.1) is 10.6 Å². The predicted octanol–water partition coefficient (Wildman–Crippen LogP) is 5.34. The van der Waals surface area contributed by atoms with Crippen molar-refractivity contribution in [2.24, 2.45) is 0 Å². The number of nitriles is 2. The lowest BCUT2D eigenvalue weighted by molar-refractivity contribution is 0.573. The summed E-state index contributed by atoms with van der Waals surface area (Å²) in [4.78, 5) is -0.0144. The van der Waals surface area contributed by atoms with Gasteiger partial charge in [0.15, 0.2) is 11.6 Å². The zero-order chi connectivity index (χ0) is 17.9. The van der Waals surface area contributed by atoms with Crippen LogP contribution in [0.1, 0.15) is 31.9 Å². The third kappa shape index (κ3) is 3.67. The Morgan fingerprint density at radius 2 is 1.50 bits per heavy atom. The van der Waals surface area contributed by atoms with Gasteiger partial charge in [0, 0.05) is 10.4 Å². The SMILES string of the molecule is CC(C)(C)Sc1c(F)c(C#N)c(C#N)c(F)c1Nc1ccccc1. The largest absolute Gasteiger partial charge is 0.352 e. The fraction of sp³-hybridized carbons (Fsp3) is 0.222. The molecule has 0 fully saturated rings. The second kappa shape index (κ2) is 6.90. The molecule has 0 spiro atoms. The molecule has 0 bridgehead atoms. The van der Waals surface area contributed by atoms with E-state index in [9.17, 15) is 8.78 Å². The van der Waals surface area contributed by atoms with Crippen molar-refractivity contribution < 1.29 is 8.78 Å². The van der Waals surface area contributed by atoms with Crippen molar-refractivity contribution in [1.82, 2.24) is 0 Å². The number of anilines is 2. The summed E-state index contributed by atoms with van der Waals surface area (Å²) in [7, 11) is 0. The monoisotopic (exact) mass is 343 g/mol. The number of hydrogen-bond donors (Lipinski definition) is 1. The Morgan fingerprint density at radius 3 is 2.00 bits per heavy atom. The van der Waals surface area contributed by atoms with Gasteiger partial charge in [0.1, 0.15) is 23.3 Å². The molecule has 3 nitrogen and oxygen atoms in total. The molecule has 2 aromatic carbocycles. The van der Waals surface area contributed by atoms with Crippen molar-refractivity contribution in [1.29, 1.82) is 10.5 Å². The minimum atomic E-state index is -0.925. The van der Waals surface area contributed by atoms with Gasteiger partial charge in [0.2, 0.25) is 0 Å². The number of thioether (sulfide) groups is 1. The standard InChI is InChI=1S/C18H15F2N3S/c1-18(2,3)24-17-15(20)13(10-22)12(9-21)14(19)16(17)23-11-7-5-4-6-8-11/h4-8,23H,1-3H3. The minimum absolute atomic E-state index is 0.0144. The van der Waals surface area contributed by atoms with Crippen LogP contribution >= 0.6 is 11.8 Å². The Kier molecular flexibility index (Phi) is 5.11. The number of hydrogen-bond acceptors (Lipinski definition) is 4. The minimum Gasteiger partial charge on any atom is -0.352 e. The molecule has 0 amide bonds. The number of rotatable bonds is 3. The third-order valence-electron chi connectivity index (χ3n) is 3.01. The first-order valence-corrected chi connectivity index (χ1v) is 7.96. The van der Waals surface area contributed by atoms with Crippen LogP contribution in [0.4, 0.5) is 20.2 Å². The summed E-state index contributed by atoms with van der Waals surface area (Å²) < 4.78 is 29.2. The summed E-state index contributed by atoms with van der Waals surface area (Å²) in [5.41, 5.74) is -0.735. The highest BCUT2D eigenvalue weighted by molar-refractivity contribution is 8.00. The molecule has 0 aliphatic carbocycles. The van der Waals surface area contributed by atoms with E-state index in [1.54, 1.807) is 42.5 Å². The average molecular weight is 343 g/mol. The molecule has 0 radical (unpaired) electrons. The zero-order valence-corrected chi connectivity index (χ0v) is 14.3. The van der Waals surface area contributed by atoms with Crippen molar-refractivity contribution in [2.75, 3.05) is 5.32 Å². The van der Waals surface area contributed by atoms with Crippen LogP contribution in [0, 0.1) is 34.3 Å². The van der Waals surface area contributed by atoms with Crippen LogP contribution in [-0.4, -0.2) is 4.75 Å². The highest BCUT2D eigenvalue weighted by Crippen LogP contribution is 2.43. The fourth-order valence-electron chi connectivity index (χ4n) is 2.06. The lowest BCUT2D eigenvalue weighted by Gasteiger charge is -2.22. The molecule has 0 unspecified atom stereocenters. The Labute approximate surface area is 143 Å². The molecule has 0 aliphatic heterocycles. The van der Waals surface area contributed by atoms with Gasteiger partial charge in [-0.2, -0.15) is 10.5 Å². The van der Waals surface area contributed by atoms with Gasteiger partial charge >= 0.3 is 0 Å². The van der Waals surface area contributed by atoms with E-state index in [0.717, 1.165) is 11.8 Å². The highest BCUT2D eigenvalue weighted by Gasteiger charge is 2.28. The summed E-state index contributed by atoms with van der Waals surface area (Å²) in [5, 5.41) is 21.1. The van der Waals surface area contributed by atoms with Gasteiger partial charge in [-0.05, 0) is 12.1 Å². The molecule has 2 aromatic rings. The molecule has 24 heavy (non-hydrogen) atoms. The number of para-hydroxylation sites is 1. The summed E-state index contributed by atoms with van der Waals surface area (Å²) >= 11 is 1.10. The molecular formula is C18H15F2N3S. The van der Waals surface area contributed by atoms with Gasteiger partial charge < -0.3 is 5.32 Å². The molecule has 2 rings (SSSR count). The first-order chi connectivity index (χ1) is 11.3. The third-order valence-corrected chi connectivity index (χ3v) is 4.21. The lowest BCUT2D eigenvalue weighted by atomic mass is 10.1. The molecule has 6 heteroatoms. The van der Waals surface area contributed by atoms with Crippen molar-refractivity contribution >= 4 is 23.1 Å². The Morgan fingerprint density at radius 1 is 0.958 bits per heavy atom. The summed E-state index contributed by atoms with van der Waals surface area (Å²) in [6, 6.07) is 11.9. The van der Waals surface area contributed by atoms with E-state index in [4.69, 9.17) is 10.5 Å². The maximum absolute atomic E-state index is 14.8. The lowest BCUT2D eigenvalue weighted by Crippen LogP contribution is -2.11. The number of nitrogens with zero attached hydrogens (tertiary/aromatic N) is 2. The second-order valence-corrected chi connectivity index (χ2v) is 7.85. The zero-order valence-electron chi connectivity index (χ0n) is 13.4. The maximum atomic E-state index is 14.8. The van der Waals surface area contributed by atoms with E-state index >= 15 is 0 Å². The molecule has 0 atom stereocenters. The molecule has 1 N–H and O–H groups in total. The van der Waals surface area contributed by atoms with Crippen LogP contribution in [0.2, 0.25) is 0 Å². The van der Waals surface area contributed by atoms with E-state index in [0.29, 0.717) is 5.69 Å². The highest BCUT2D eigenvalue weighted by atomic mass is 32.2.